The third-order valence-electron chi connectivity index (χ3n) is 1.14. The molecule has 1 aliphatic rings. The van der Waals surface area contributed by atoms with Crippen molar-refractivity contribution in [3.63, 3.8) is 0 Å². The second-order valence-electron chi connectivity index (χ2n) is 1.64. The fraction of sp³-hybridized carbons (Fsp3) is 1.00. The molecule has 46 valence electrons. The molecule has 1 fully saturated rings. The molecule has 5 nitrogen and oxygen atoms in total. The van der Waals surface area contributed by atoms with E-state index < -0.39 is 0 Å². The Balaban J connectivity index is 2.22. The number of nitroso groups, excluding NO2 is 1. The molecule has 0 aromatic rings. The quantitative estimate of drug-likeness (QED) is 0.379. The van der Waals surface area contributed by atoms with E-state index in [0.29, 0.717) is 13.1 Å². The minimum atomic E-state index is 0.0868. The molecule has 0 aromatic heterocycles. The highest BCUT2D eigenvalue weighted by atomic mass is 16.6. The van der Waals surface area contributed by atoms with E-state index in [0.717, 1.165) is 6.42 Å². The lowest BCUT2D eigenvalue weighted by Gasteiger charge is -2.39. The molecule has 0 amide bonds. The van der Waals surface area contributed by atoms with Crippen molar-refractivity contribution in [2.24, 2.45) is 5.29 Å². The lowest BCUT2D eigenvalue weighted by Crippen LogP contribution is -2.44. The summed E-state index contributed by atoms with van der Waals surface area (Å²) in [6.07, 6.45) is 0.980. The van der Waals surface area contributed by atoms with Crippen molar-refractivity contribution in [1.82, 2.24) is 10.3 Å². The topological polar surface area (TPSA) is 59.0 Å². The van der Waals surface area contributed by atoms with E-state index in [1.165, 1.54) is 5.01 Å². The highest BCUT2D eigenvalue weighted by Gasteiger charge is 2.14. The Hall–Kier alpha value is -0.680. The van der Waals surface area contributed by atoms with Gasteiger partial charge in [0.05, 0.1) is 5.29 Å². The summed E-state index contributed by atoms with van der Waals surface area (Å²) < 4.78 is 0. The molecule has 0 unspecified atom stereocenters. The van der Waals surface area contributed by atoms with Gasteiger partial charge in [-0.05, 0) is 6.42 Å². The first kappa shape index (κ1) is 5.46. The lowest BCUT2D eigenvalue weighted by atomic mass is 10.3. The van der Waals surface area contributed by atoms with E-state index in [4.69, 9.17) is 0 Å². The molecule has 0 saturated carbocycles. The van der Waals surface area contributed by atoms with Gasteiger partial charge in [0, 0.05) is 13.1 Å². The Bertz CT molecular complexity index is 92.5. The summed E-state index contributed by atoms with van der Waals surface area (Å²) in [5.41, 5.74) is 0. The summed E-state index contributed by atoms with van der Waals surface area (Å²) in [7, 11) is 0. The second-order valence-corrected chi connectivity index (χ2v) is 1.64. The smallest absolute Gasteiger partial charge is 0.0579 e. The van der Waals surface area contributed by atoms with Gasteiger partial charge in [0.15, 0.2) is 0 Å². The Morgan fingerprint density at radius 2 is 2.25 bits per heavy atom. The molecule has 5 heteroatoms. The second kappa shape index (κ2) is 2.06. The maximum absolute atomic E-state index is 10.2. The van der Waals surface area contributed by atoms with E-state index in [1.54, 1.807) is 0 Å². The van der Waals surface area contributed by atoms with Crippen LogP contribution in [-0.4, -0.2) is 23.4 Å². The fourth-order valence-electron chi connectivity index (χ4n) is 0.522. The molecule has 0 aliphatic carbocycles. The van der Waals surface area contributed by atoms with Crippen LogP contribution < -0.4 is 0 Å². The van der Waals surface area contributed by atoms with Crippen molar-refractivity contribution in [3.8, 4) is 0 Å². The molecular formula is C3H6N3O2-. The highest BCUT2D eigenvalue weighted by molar-refractivity contribution is 4.64. The Morgan fingerprint density at radius 3 is 2.38 bits per heavy atom. The third-order valence-corrected chi connectivity index (χ3v) is 1.14. The summed E-state index contributed by atoms with van der Waals surface area (Å²) >= 11 is 0. The molecule has 0 radical (unpaired) electrons. The normalized spacial score (nSPS) is 19.6. The molecule has 1 aliphatic heterocycles. The Kier molecular flexibility index (Phi) is 1.40. The number of nitrogens with zero attached hydrogens (tertiary/aromatic N) is 3. The van der Waals surface area contributed by atoms with Crippen LogP contribution in [0.1, 0.15) is 6.42 Å². The van der Waals surface area contributed by atoms with E-state index in [1.807, 2.05) is 0 Å². The van der Waals surface area contributed by atoms with Gasteiger partial charge in [-0.2, -0.15) is 0 Å². The zero-order valence-electron chi connectivity index (χ0n) is 4.28. The van der Waals surface area contributed by atoms with Gasteiger partial charge in [0.2, 0.25) is 0 Å². The maximum Gasteiger partial charge on any atom is 0.0579 e. The third kappa shape index (κ3) is 0.775. The van der Waals surface area contributed by atoms with Gasteiger partial charge in [-0.25, -0.2) is 5.01 Å². The minimum absolute atomic E-state index is 0.0868. The number of hydrogen-bond acceptors (Lipinski definition) is 4. The van der Waals surface area contributed by atoms with Gasteiger partial charge in [-0.1, -0.05) is 0 Å². The summed E-state index contributed by atoms with van der Waals surface area (Å²) in [5, 5.41) is 13.7. The molecule has 8 heavy (non-hydrogen) atoms. The summed E-state index contributed by atoms with van der Waals surface area (Å²) in [6, 6.07) is 0. The predicted octanol–water partition coefficient (Wildman–Crippen LogP) is 0.0883. The highest BCUT2D eigenvalue weighted by Crippen LogP contribution is 2.08. The Morgan fingerprint density at radius 1 is 1.62 bits per heavy atom. The van der Waals surface area contributed by atoms with E-state index in [-0.39, 0.29) is 5.28 Å². The van der Waals surface area contributed by atoms with Crippen molar-refractivity contribution in [3.05, 3.63) is 10.1 Å². The number of rotatable bonds is 2. The molecule has 0 spiro atoms. The minimum Gasteiger partial charge on any atom is -0.724 e. The summed E-state index contributed by atoms with van der Waals surface area (Å²) in [5.74, 6) is 0. The molecule has 0 bridgehead atoms. The van der Waals surface area contributed by atoms with Crippen LogP contribution in [0.25, 0.3) is 0 Å². The van der Waals surface area contributed by atoms with E-state index in [9.17, 15) is 10.1 Å². The first-order valence-electron chi connectivity index (χ1n) is 2.40. The van der Waals surface area contributed by atoms with Crippen LogP contribution >= 0.6 is 0 Å². The van der Waals surface area contributed by atoms with Crippen molar-refractivity contribution < 1.29 is 0 Å². The van der Waals surface area contributed by atoms with Gasteiger partial charge in [-0.3, -0.25) is 5.28 Å². The molecule has 0 N–H and O–H groups in total. The largest absolute Gasteiger partial charge is 0.724 e. The van der Waals surface area contributed by atoms with Crippen LogP contribution in [0.5, 0.6) is 0 Å². The van der Waals surface area contributed by atoms with Gasteiger partial charge in [0.1, 0.15) is 0 Å². The first-order valence-corrected chi connectivity index (χ1v) is 2.40. The predicted molar refractivity (Wildman–Crippen MR) is 27.2 cm³/mol. The monoisotopic (exact) mass is 116 g/mol. The van der Waals surface area contributed by atoms with Gasteiger partial charge < -0.3 is 5.21 Å². The first-order chi connectivity index (χ1) is 3.84. The average molecular weight is 116 g/mol. The van der Waals surface area contributed by atoms with Crippen LogP contribution in [0.3, 0.4) is 0 Å². The van der Waals surface area contributed by atoms with Crippen LogP contribution in [0.15, 0.2) is 5.29 Å². The van der Waals surface area contributed by atoms with Crippen molar-refractivity contribution in [1.29, 1.82) is 0 Å². The van der Waals surface area contributed by atoms with Crippen LogP contribution in [0.4, 0.5) is 0 Å². The van der Waals surface area contributed by atoms with Crippen molar-refractivity contribution >= 4 is 0 Å². The average Bonchev–Trinajstić information content (AvgIpc) is 1.62. The van der Waals surface area contributed by atoms with Crippen LogP contribution in [0.2, 0.25) is 0 Å². The molecule has 0 aromatic carbocycles. The SMILES string of the molecule is O=NN([O-])N1CCC1. The zero-order chi connectivity index (χ0) is 5.98. The van der Waals surface area contributed by atoms with E-state index in [2.05, 4.69) is 5.29 Å². The maximum atomic E-state index is 10.2. The number of hydrazine groups is 1. The lowest BCUT2D eigenvalue weighted by molar-refractivity contribution is -0.0326. The Labute approximate surface area is 46.4 Å². The molecule has 1 saturated heterocycles. The summed E-state index contributed by atoms with van der Waals surface area (Å²) in [6.45, 7) is 1.32. The zero-order valence-corrected chi connectivity index (χ0v) is 4.28. The van der Waals surface area contributed by atoms with E-state index >= 15 is 0 Å². The summed E-state index contributed by atoms with van der Waals surface area (Å²) in [4.78, 5) is 9.46. The van der Waals surface area contributed by atoms with Gasteiger partial charge in [-0.15, -0.1) is 4.91 Å². The molecule has 1 rings (SSSR count). The molecular weight excluding hydrogens is 110 g/mol. The van der Waals surface area contributed by atoms with Crippen LogP contribution in [-0.2, 0) is 0 Å². The molecule has 0 atom stereocenters. The fourth-order valence-corrected chi connectivity index (χ4v) is 0.522. The number of hydrogen-bond donors (Lipinski definition) is 0. The standard InChI is InChI=1S/C3H6N3O2/c7-4-6(8)5-2-1-3-5/h1-3H2/q-1. The van der Waals surface area contributed by atoms with Crippen LogP contribution in [0, 0.1) is 10.1 Å². The molecule has 1 heterocycles. The van der Waals surface area contributed by atoms with Crippen molar-refractivity contribution in [2.75, 3.05) is 13.1 Å². The van der Waals surface area contributed by atoms with Gasteiger partial charge >= 0.3 is 0 Å². The van der Waals surface area contributed by atoms with Gasteiger partial charge in [0.25, 0.3) is 0 Å². The van der Waals surface area contributed by atoms with Crippen molar-refractivity contribution in [2.45, 2.75) is 6.42 Å².